The number of ether oxygens (including phenoxy) is 1. The Morgan fingerprint density at radius 1 is 1.00 bits per heavy atom. The van der Waals surface area contributed by atoms with E-state index in [1.807, 2.05) is 29.2 Å². The normalized spacial score (nSPS) is 13.3. The first-order chi connectivity index (χ1) is 15.8. The second kappa shape index (κ2) is 8.12. The van der Waals surface area contributed by atoms with Gasteiger partial charge in [0, 0.05) is 23.0 Å². The fourth-order valence-corrected chi connectivity index (χ4v) is 4.30. The second-order valence-corrected chi connectivity index (χ2v) is 9.25. The van der Waals surface area contributed by atoms with Gasteiger partial charge in [0.05, 0.1) is 24.5 Å². The zero-order valence-electron chi connectivity index (χ0n) is 18.8. The highest BCUT2D eigenvalue weighted by molar-refractivity contribution is 6.30. The first kappa shape index (κ1) is 21.3. The Labute approximate surface area is 198 Å². The molecule has 0 fully saturated rings. The highest BCUT2D eigenvalue weighted by Crippen LogP contribution is 2.33. The lowest BCUT2D eigenvalue weighted by molar-refractivity contribution is -0.146. The molecule has 1 aliphatic heterocycles. The second-order valence-electron chi connectivity index (χ2n) is 8.81. The van der Waals surface area contributed by atoms with E-state index in [1.165, 1.54) is 5.56 Å². The Morgan fingerprint density at radius 3 is 2.33 bits per heavy atom. The number of halogens is 1. The molecule has 0 unspecified atom stereocenters. The highest BCUT2D eigenvalue weighted by atomic mass is 35.5. The maximum Gasteiger partial charge on any atom is 0.266 e. The van der Waals surface area contributed by atoms with E-state index in [-0.39, 0.29) is 5.91 Å². The van der Waals surface area contributed by atoms with Crippen LogP contribution in [0.1, 0.15) is 30.7 Å². The van der Waals surface area contributed by atoms with Crippen molar-refractivity contribution >= 4 is 17.5 Å². The van der Waals surface area contributed by atoms with Crippen LogP contribution < -0.4 is 4.74 Å². The van der Waals surface area contributed by atoms with E-state index in [1.54, 1.807) is 43.0 Å². The molecule has 1 aliphatic rings. The first-order valence-corrected chi connectivity index (χ1v) is 11.2. The molecule has 33 heavy (non-hydrogen) atoms. The summed E-state index contributed by atoms with van der Waals surface area (Å²) < 4.78 is 10.0. The van der Waals surface area contributed by atoms with Crippen LogP contribution in [0.5, 0.6) is 5.75 Å². The first-order valence-electron chi connectivity index (χ1n) is 10.9. The average Bonchev–Trinajstić information content (AvgIpc) is 3.51. The zero-order valence-corrected chi connectivity index (χ0v) is 19.6. The molecular formula is C26H25ClN4O2. The molecule has 0 N–H and O–H groups in total. The Bertz CT molecular complexity index is 1290. The predicted octanol–water partition coefficient (Wildman–Crippen LogP) is 5.32. The molecule has 0 saturated carbocycles. The average molecular weight is 461 g/mol. The third kappa shape index (κ3) is 4.02. The lowest BCUT2D eigenvalue weighted by Crippen LogP contribution is -2.47. The van der Waals surface area contributed by atoms with Gasteiger partial charge in [-0.05, 0) is 69.3 Å². The van der Waals surface area contributed by atoms with Crippen molar-refractivity contribution in [2.75, 3.05) is 0 Å². The lowest BCUT2D eigenvalue weighted by atomic mass is 10.1. The summed E-state index contributed by atoms with van der Waals surface area (Å²) in [6.07, 6.45) is 4.00. The number of benzene rings is 2. The minimum Gasteiger partial charge on any atom is -0.478 e. The van der Waals surface area contributed by atoms with Gasteiger partial charge in [-0.3, -0.25) is 4.79 Å². The van der Waals surface area contributed by atoms with E-state index in [9.17, 15) is 4.79 Å². The summed E-state index contributed by atoms with van der Waals surface area (Å²) >= 11 is 5.97. The number of nitrogens with zero attached hydrogens (tertiary/aromatic N) is 4. The van der Waals surface area contributed by atoms with Crippen LogP contribution in [0, 0.1) is 6.92 Å². The molecule has 2 aromatic heterocycles. The largest absolute Gasteiger partial charge is 0.478 e. The molecule has 168 valence electrons. The van der Waals surface area contributed by atoms with Crippen molar-refractivity contribution in [3.8, 4) is 17.3 Å². The van der Waals surface area contributed by atoms with E-state index in [2.05, 4.69) is 35.8 Å². The van der Waals surface area contributed by atoms with Crippen molar-refractivity contribution in [2.45, 2.75) is 39.5 Å². The summed E-state index contributed by atoms with van der Waals surface area (Å²) in [5.74, 6) is 1.47. The van der Waals surface area contributed by atoms with Crippen LogP contribution in [0.4, 0.5) is 0 Å². The summed E-state index contributed by atoms with van der Waals surface area (Å²) in [5.41, 5.74) is 3.10. The molecule has 3 heterocycles. The fourth-order valence-electron chi connectivity index (χ4n) is 4.17. The number of hydrogen-bond acceptors (Lipinski definition) is 3. The summed E-state index contributed by atoms with van der Waals surface area (Å²) in [5, 5.41) is 5.53. The van der Waals surface area contributed by atoms with Crippen molar-refractivity contribution < 1.29 is 9.53 Å². The van der Waals surface area contributed by atoms with E-state index in [0.717, 1.165) is 22.8 Å². The molecule has 4 aromatic rings. The summed E-state index contributed by atoms with van der Waals surface area (Å²) in [6, 6.07) is 19.3. The minimum absolute atomic E-state index is 0.0872. The van der Waals surface area contributed by atoms with Gasteiger partial charge in [-0.1, -0.05) is 29.3 Å². The number of aromatic nitrogens is 3. The van der Waals surface area contributed by atoms with Gasteiger partial charge in [-0.2, -0.15) is 5.10 Å². The maximum absolute atomic E-state index is 13.4. The van der Waals surface area contributed by atoms with Crippen molar-refractivity contribution in [1.82, 2.24) is 19.2 Å². The number of fused-ring (bicyclic) bond motifs is 1. The summed E-state index contributed by atoms with van der Waals surface area (Å²) in [7, 11) is 0. The van der Waals surface area contributed by atoms with E-state index < -0.39 is 5.60 Å². The Hall–Kier alpha value is -3.51. The van der Waals surface area contributed by atoms with Gasteiger partial charge in [0.2, 0.25) is 0 Å². The number of amides is 1. The van der Waals surface area contributed by atoms with Crippen LogP contribution in [0.15, 0.2) is 73.1 Å². The summed E-state index contributed by atoms with van der Waals surface area (Å²) in [6.45, 7) is 6.56. The van der Waals surface area contributed by atoms with Gasteiger partial charge in [-0.15, -0.1) is 0 Å². The van der Waals surface area contributed by atoms with E-state index in [0.29, 0.717) is 23.9 Å². The molecule has 7 heteroatoms. The van der Waals surface area contributed by atoms with Gasteiger partial charge in [0.15, 0.2) is 5.60 Å². The van der Waals surface area contributed by atoms with Crippen LogP contribution in [0.3, 0.4) is 0 Å². The van der Waals surface area contributed by atoms with Crippen molar-refractivity contribution in [3.05, 3.63) is 94.9 Å². The fraction of sp³-hybridized carbons (Fsp3) is 0.231. The van der Waals surface area contributed by atoms with Crippen LogP contribution in [-0.2, 0) is 17.9 Å². The van der Waals surface area contributed by atoms with Crippen LogP contribution >= 0.6 is 11.6 Å². The molecule has 0 spiro atoms. The zero-order chi connectivity index (χ0) is 23.2. The van der Waals surface area contributed by atoms with Crippen LogP contribution in [-0.4, -0.2) is 30.8 Å². The predicted molar refractivity (Wildman–Crippen MR) is 128 cm³/mol. The Balaban J connectivity index is 1.44. The summed E-state index contributed by atoms with van der Waals surface area (Å²) in [4.78, 5) is 15.2. The SMILES string of the molecule is Cc1ccc(-n2nc3c(c2-n2cccc2)CN(C(=O)C(C)(C)Oc2ccc(Cl)cc2)C3)cc1. The molecule has 0 saturated heterocycles. The monoisotopic (exact) mass is 460 g/mol. The van der Waals surface area contributed by atoms with E-state index in [4.69, 9.17) is 21.4 Å². The van der Waals surface area contributed by atoms with Gasteiger partial charge in [0.1, 0.15) is 11.6 Å². The number of rotatable bonds is 5. The third-order valence-corrected chi connectivity index (χ3v) is 6.10. The maximum atomic E-state index is 13.4. The molecular weight excluding hydrogens is 436 g/mol. The molecule has 6 nitrogen and oxygen atoms in total. The molecule has 0 radical (unpaired) electrons. The van der Waals surface area contributed by atoms with Crippen molar-refractivity contribution in [2.24, 2.45) is 0 Å². The number of hydrogen-bond donors (Lipinski definition) is 0. The topological polar surface area (TPSA) is 52.3 Å². The van der Waals surface area contributed by atoms with Gasteiger partial charge in [0.25, 0.3) is 5.91 Å². The third-order valence-electron chi connectivity index (χ3n) is 5.85. The minimum atomic E-state index is -1.03. The number of carbonyl (C=O) groups is 1. The Kier molecular flexibility index (Phi) is 5.25. The number of aryl methyl sites for hydroxylation is 1. The van der Waals surface area contributed by atoms with Gasteiger partial charge < -0.3 is 14.2 Å². The molecule has 5 rings (SSSR count). The molecule has 2 aromatic carbocycles. The van der Waals surface area contributed by atoms with Crippen molar-refractivity contribution in [3.63, 3.8) is 0 Å². The smallest absolute Gasteiger partial charge is 0.266 e. The molecule has 0 aliphatic carbocycles. The van der Waals surface area contributed by atoms with Crippen LogP contribution in [0.2, 0.25) is 5.02 Å². The quantitative estimate of drug-likeness (QED) is 0.404. The number of carbonyl (C=O) groups excluding carboxylic acids is 1. The highest BCUT2D eigenvalue weighted by Gasteiger charge is 2.39. The van der Waals surface area contributed by atoms with Gasteiger partial charge >= 0.3 is 0 Å². The standard InChI is InChI=1S/C26H25ClN4O2/c1-18-6-10-20(11-7-18)31-24(29-14-4-5-15-29)22-16-30(17-23(22)28-31)25(32)26(2,3)33-21-12-8-19(27)9-13-21/h4-15H,16-17H2,1-3H3. The Morgan fingerprint density at radius 2 is 1.67 bits per heavy atom. The van der Waals surface area contributed by atoms with E-state index >= 15 is 0 Å². The van der Waals surface area contributed by atoms with Gasteiger partial charge in [-0.25, -0.2) is 4.68 Å². The lowest BCUT2D eigenvalue weighted by Gasteiger charge is -2.30. The molecule has 0 atom stereocenters. The molecule has 1 amide bonds. The van der Waals surface area contributed by atoms with Crippen molar-refractivity contribution in [1.29, 1.82) is 0 Å². The van der Waals surface area contributed by atoms with Crippen LogP contribution in [0.25, 0.3) is 11.5 Å². The molecule has 0 bridgehead atoms.